The number of nitrogen functional groups attached to an aromatic ring is 1. The number of hydrogen-bond acceptors (Lipinski definition) is 4. The Balaban J connectivity index is 1.81. The molecule has 1 aromatic heterocycles. The van der Waals surface area contributed by atoms with Gasteiger partial charge >= 0.3 is 0 Å². The van der Waals surface area contributed by atoms with Crippen LogP contribution in [0.15, 0.2) is 46.0 Å². The molecule has 0 unspecified atom stereocenters. The molecule has 0 bridgehead atoms. The number of oxazole rings is 1. The summed E-state index contributed by atoms with van der Waals surface area (Å²) in [6.07, 6.45) is 0. The minimum absolute atomic E-state index is 0.225. The summed E-state index contributed by atoms with van der Waals surface area (Å²) in [7, 11) is 0. The van der Waals surface area contributed by atoms with Crippen LogP contribution in [0, 0.1) is 12.7 Å². The molecule has 0 aliphatic rings. The average molecular weight is 288 g/mol. The van der Waals surface area contributed by atoms with E-state index in [1.165, 1.54) is 17.8 Å². The van der Waals surface area contributed by atoms with Crippen LogP contribution in [-0.2, 0) is 5.75 Å². The van der Waals surface area contributed by atoms with E-state index in [1.54, 1.807) is 30.3 Å². The number of aryl methyl sites for hydroxylation is 1. The topological polar surface area (TPSA) is 52.0 Å². The molecule has 0 aliphatic carbocycles. The molecule has 2 aromatic carbocycles. The quantitative estimate of drug-likeness (QED) is 0.581. The van der Waals surface area contributed by atoms with E-state index in [4.69, 9.17) is 10.2 Å². The van der Waals surface area contributed by atoms with Crippen LogP contribution < -0.4 is 5.73 Å². The Morgan fingerprint density at radius 1 is 1.25 bits per heavy atom. The molecule has 5 heteroatoms. The van der Waals surface area contributed by atoms with E-state index in [0.717, 1.165) is 16.6 Å². The molecule has 0 aliphatic heterocycles. The Morgan fingerprint density at radius 2 is 2.10 bits per heavy atom. The monoisotopic (exact) mass is 288 g/mol. The molecule has 102 valence electrons. The van der Waals surface area contributed by atoms with Crippen molar-refractivity contribution < 1.29 is 8.81 Å². The molecule has 0 atom stereocenters. The highest BCUT2D eigenvalue weighted by Crippen LogP contribution is 2.28. The van der Waals surface area contributed by atoms with Crippen molar-refractivity contribution in [3.8, 4) is 0 Å². The fourth-order valence-electron chi connectivity index (χ4n) is 1.92. The molecule has 3 rings (SSSR count). The first kappa shape index (κ1) is 13.0. The number of nitrogens with two attached hydrogens (primary N) is 1. The summed E-state index contributed by atoms with van der Waals surface area (Å²) < 4.78 is 18.8. The van der Waals surface area contributed by atoms with Crippen molar-refractivity contribution in [2.75, 3.05) is 5.73 Å². The fraction of sp³-hybridized carbons (Fsp3) is 0.133. The number of fused-ring (bicyclic) bond motifs is 1. The number of aromatic nitrogens is 1. The molecule has 0 fully saturated rings. The molecule has 0 saturated carbocycles. The smallest absolute Gasteiger partial charge is 0.257 e. The summed E-state index contributed by atoms with van der Waals surface area (Å²) in [6, 6.07) is 10.1. The Labute approximate surface area is 120 Å². The van der Waals surface area contributed by atoms with Crippen molar-refractivity contribution in [3.05, 3.63) is 53.3 Å². The molecule has 0 amide bonds. The lowest BCUT2D eigenvalue weighted by Gasteiger charge is -2.03. The third-order valence-electron chi connectivity index (χ3n) is 3.05. The van der Waals surface area contributed by atoms with Crippen molar-refractivity contribution in [2.45, 2.75) is 17.9 Å². The van der Waals surface area contributed by atoms with Crippen LogP contribution in [0.25, 0.3) is 11.1 Å². The number of rotatable bonds is 3. The predicted molar refractivity (Wildman–Crippen MR) is 79.1 cm³/mol. The zero-order valence-electron chi connectivity index (χ0n) is 10.9. The van der Waals surface area contributed by atoms with Gasteiger partial charge in [-0.1, -0.05) is 17.8 Å². The molecule has 20 heavy (non-hydrogen) atoms. The van der Waals surface area contributed by atoms with Crippen LogP contribution in [0.3, 0.4) is 0 Å². The highest BCUT2D eigenvalue weighted by Gasteiger charge is 2.08. The highest BCUT2D eigenvalue weighted by molar-refractivity contribution is 7.98. The number of nitrogens with zero attached hydrogens (tertiary/aromatic N) is 1. The molecule has 3 aromatic rings. The maximum Gasteiger partial charge on any atom is 0.257 e. The van der Waals surface area contributed by atoms with Gasteiger partial charge in [0.15, 0.2) is 5.58 Å². The second kappa shape index (κ2) is 5.17. The summed E-state index contributed by atoms with van der Waals surface area (Å²) in [5.41, 5.74) is 9.80. The van der Waals surface area contributed by atoms with Gasteiger partial charge in [0.2, 0.25) is 0 Å². The van der Waals surface area contributed by atoms with Crippen molar-refractivity contribution >= 4 is 28.5 Å². The van der Waals surface area contributed by atoms with Gasteiger partial charge in [0.05, 0.1) is 0 Å². The van der Waals surface area contributed by atoms with E-state index in [-0.39, 0.29) is 5.82 Å². The molecule has 1 heterocycles. The van der Waals surface area contributed by atoms with Crippen molar-refractivity contribution in [1.82, 2.24) is 4.98 Å². The van der Waals surface area contributed by atoms with E-state index in [9.17, 15) is 4.39 Å². The Morgan fingerprint density at radius 3 is 2.95 bits per heavy atom. The van der Waals surface area contributed by atoms with Gasteiger partial charge < -0.3 is 10.2 Å². The summed E-state index contributed by atoms with van der Waals surface area (Å²) in [5.74, 6) is 0.392. The highest BCUT2D eigenvalue weighted by atomic mass is 32.2. The van der Waals surface area contributed by atoms with Gasteiger partial charge in [-0.25, -0.2) is 9.37 Å². The van der Waals surface area contributed by atoms with E-state index >= 15 is 0 Å². The van der Waals surface area contributed by atoms with Crippen LogP contribution in [0.2, 0.25) is 0 Å². The van der Waals surface area contributed by atoms with E-state index in [1.807, 2.05) is 6.92 Å². The van der Waals surface area contributed by atoms with Crippen LogP contribution >= 0.6 is 11.8 Å². The van der Waals surface area contributed by atoms with E-state index in [2.05, 4.69) is 4.98 Å². The van der Waals surface area contributed by atoms with Gasteiger partial charge in [-0.05, 0) is 48.4 Å². The van der Waals surface area contributed by atoms with Gasteiger partial charge in [-0.15, -0.1) is 0 Å². The predicted octanol–water partition coefficient (Wildman–Crippen LogP) is 4.15. The maximum absolute atomic E-state index is 13.2. The van der Waals surface area contributed by atoms with Gasteiger partial charge in [0, 0.05) is 11.4 Å². The number of anilines is 1. The second-order valence-electron chi connectivity index (χ2n) is 4.57. The summed E-state index contributed by atoms with van der Waals surface area (Å²) in [5, 5.41) is 0.564. The first-order chi connectivity index (χ1) is 9.61. The normalized spacial score (nSPS) is 11.1. The number of thioether (sulfide) groups is 1. The van der Waals surface area contributed by atoms with Gasteiger partial charge in [-0.2, -0.15) is 0 Å². The van der Waals surface area contributed by atoms with Gasteiger partial charge in [0.1, 0.15) is 11.3 Å². The lowest BCUT2D eigenvalue weighted by atomic mass is 10.1. The van der Waals surface area contributed by atoms with E-state index in [0.29, 0.717) is 22.2 Å². The third kappa shape index (κ3) is 2.63. The molecule has 0 saturated heterocycles. The molecular weight excluding hydrogens is 275 g/mol. The minimum atomic E-state index is -0.225. The molecule has 0 spiro atoms. The van der Waals surface area contributed by atoms with Crippen LogP contribution in [-0.4, -0.2) is 4.98 Å². The van der Waals surface area contributed by atoms with Gasteiger partial charge in [0.25, 0.3) is 5.22 Å². The van der Waals surface area contributed by atoms with Gasteiger partial charge in [-0.3, -0.25) is 0 Å². The summed E-state index contributed by atoms with van der Waals surface area (Å²) in [4.78, 5) is 4.36. The van der Waals surface area contributed by atoms with Crippen LogP contribution in [0.1, 0.15) is 11.1 Å². The SMILES string of the molecule is Cc1ccc(F)cc1CSc1nc2cc(N)ccc2o1. The van der Waals surface area contributed by atoms with Crippen LogP contribution in [0.5, 0.6) is 0 Å². The van der Waals surface area contributed by atoms with Crippen LogP contribution in [0.4, 0.5) is 10.1 Å². The fourth-order valence-corrected chi connectivity index (χ4v) is 2.82. The van der Waals surface area contributed by atoms with E-state index < -0.39 is 0 Å². The molecular formula is C15H13FN2OS. The molecule has 3 nitrogen and oxygen atoms in total. The van der Waals surface area contributed by atoms with Crippen molar-refractivity contribution in [3.63, 3.8) is 0 Å². The largest absolute Gasteiger partial charge is 0.431 e. The number of halogens is 1. The lowest BCUT2D eigenvalue weighted by molar-refractivity contribution is 0.489. The standard InChI is InChI=1S/C15H13FN2OS/c1-9-2-3-11(16)6-10(9)8-20-15-18-13-7-12(17)4-5-14(13)19-15/h2-7H,8,17H2,1H3. The lowest BCUT2D eigenvalue weighted by Crippen LogP contribution is -1.88. The third-order valence-corrected chi connectivity index (χ3v) is 3.93. The Kier molecular flexibility index (Phi) is 3.36. The Hall–Kier alpha value is -2.01. The summed E-state index contributed by atoms with van der Waals surface area (Å²) >= 11 is 1.44. The number of benzene rings is 2. The second-order valence-corrected chi connectivity index (χ2v) is 5.49. The van der Waals surface area contributed by atoms with Crippen molar-refractivity contribution in [1.29, 1.82) is 0 Å². The number of hydrogen-bond donors (Lipinski definition) is 1. The minimum Gasteiger partial charge on any atom is -0.431 e. The van der Waals surface area contributed by atoms with Crippen molar-refractivity contribution in [2.24, 2.45) is 0 Å². The molecule has 2 N–H and O–H groups in total. The Bertz CT molecular complexity index is 770. The zero-order chi connectivity index (χ0) is 14.1. The first-order valence-electron chi connectivity index (χ1n) is 6.16. The molecule has 0 radical (unpaired) electrons. The summed E-state index contributed by atoms with van der Waals surface area (Å²) in [6.45, 7) is 1.96. The maximum atomic E-state index is 13.2. The first-order valence-corrected chi connectivity index (χ1v) is 7.14. The zero-order valence-corrected chi connectivity index (χ0v) is 11.7. The average Bonchev–Trinajstić information content (AvgIpc) is 2.81.